The third-order valence-electron chi connectivity index (χ3n) is 3.50. The molecule has 1 atom stereocenters. The summed E-state index contributed by atoms with van der Waals surface area (Å²) in [7, 11) is -3.15. The van der Waals surface area contributed by atoms with Gasteiger partial charge >= 0.3 is 6.18 Å². The van der Waals surface area contributed by atoms with Gasteiger partial charge in [0.2, 0.25) is 0 Å². The van der Waals surface area contributed by atoms with Crippen molar-refractivity contribution in [3.8, 4) is 5.75 Å². The van der Waals surface area contributed by atoms with E-state index in [0.717, 1.165) is 24.3 Å². The average Bonchev–Trinajstić information content (AvgIpc) is 2.69. The number of ether oxygens (including phenoxy) is 1. The van der Waals surface area contributed by atoms with Gasteiger partial charge < -0.3 is 10.1 Å². The lowest BCUT2D eigenvalue weighted by Gasteiger charge is -2.23. The first-order valence-corrected chi connectivity index (χ1v) is 8.63. The number of carbonyl (C=O) groups excluding carboxylic acids is 1. The number of hydrogen-bond acceptors (Lipinski definition) is 4. The lowest BCUT2D eigenvalue weighted by molar-refractivity contribution is -0.137. The molecule has 0 saturated carbocycles. The lowest BCUT2D eigenvalue weighted by Crippen LogP contribution is -2.48. The zero-order chi connectivity index (χ0) is 17.3. The largest absolute Gasteiger partial charge is 0.484 e. The molecule has 0 aliphatic carbocycles. The Morgan fingerprint density at radius 3 is 2.39 bits per heavy atom. The first kappa shape index (κ1) is 17.6. The standard InChI is InChI=1S/C14H16F3NO4S/c1-13(6-7-23(20,21)9-13)18-12(19)8-22-11-4-2-10(3-5-11)14(15,16)17/h2-5H,6-9H2,1H3,(H,18,19)/t13-/m0/s1. The molecule has 2 rings (SSSR count). The number of sulfone groups is 1. The van der Waals surface area contributed by atoms with Crippen molar-refractivity contribution in [3.63, 3.8) is 0 Å². The number of alkyl halides is 3. The number of benzene rings is 1. The highest BCUT2D eigenvalue weighted by atomic mass is 32.2. The second-order valence-corrected chi connectivity index (χ2v) is 7.95. The Morgan fingerprint density at radius 2 is 1.91 bits per heavy atom. The molecule has 1 N–H and O–H groups in total. The number of hydrogen-bond donors (Lipinski definition) is 1. The molecule has 0 aromatic heterocycles. The van der Waals surface area contributed by atoms with Crippen molar-refractivity contribution in [2.45, 2.75) is 25.1 Å². The lowest BCUT2D eigenvalue weighted by atomic mass is 10.0. The van der Waals surface area contributed by atoms with Crippen molar-refractivity contribution >= 4 is 15.7 Å². The zero-order valence-electron chi connectivity index (χ0n) is 12.3. The summed E-state index contributed by atoms with van der Waals surface area (Å²) in [4.78, 5) is 11.8. The molecule has 0 radical (unpaired) electrons. The summed E-state index contributed by atoms with van der Waals surface area (Å²) in [6, 6.07) is 3.96. The van der Waals surface area contributed by atoms with Crippen molar-refractivity contribution in [1.82, 2.24) is 5.32 Å². The Kier molecular flexibility index (Phi) is 4.61. The van der Waals surface area contributed by atoms with Gasteiger partial charge in [-0.15, -0.1) is 0 Å². The van der Waals surface area contributed by atoms with Crippen LogP contribution >= 0.6 is 0 Å². The molecule has 0 bridgehead atoms. The molecule has 9 heteroatoms. The van der Waals surface area contributed by atoms with Crippen LogP contribution < -0.4 is 10.1 Å². The van der Waals surface area contributed by atoms with Gasteiger partial charge in [-0.05, 0) is 37.6 Å². The monoisotopic (exact) mass is 351 g/mol. The van der Waals surface area contributed by atoms with Gasteiger partial charge in [-0.2, -0.15) is 13.2 Å². The Bertz CT molecular complexity index is 685. The van der Waals surface area contributed by atoms with E-state index in [1.165, 1.54) is 0 Å². The highest BCUT2D eigenvalue weighted by Crippen LogP contribution is 2.30. The summed E-state index contributed by atoms with van der Waals surface area (Å²) >= 11 is 0. The van der Waals surface area contributed by atoms with Gasteiger partial charge in [0.1, 0.15) is 5.75 Å². The molecule has 5 nitrogen and oxygen atoms in total. The molecule has 1 aromatic rings. The van der Waals surface area contributed by atoms with Crippen molar-refractivity contribution in [2.75, 3.05) is 18.1 Å². The van der Waals surface area contributed by atoms with Crippen LogP contribution in [0.25, 0.3) is 0 Å². The fraction of sp³-hybridized carbons (Fsp3) is 0.500. The number of carbonyl (C=O) groups is 1. The van der Waals surface area contributed by atoms with Crippen molar-refractivity contribution in [1.29, 1.82) is 0 Å². The molecule has 1 amide bonds. The van der Waals surface area contributed by atoms with Crippen molar-refractivity contribution in [2.24, 2.45) is 0 Å². The molecule has 0 spiro atoms. The summed E-state index contributed by atoms with van der Waals surface area (Å²) in [5, 5.41) is 2.59. The van der Waals surface area contributed by atoms with E-state index in [1.807, 2.05) is 0 Å². The van der Waals surface area contributed by atoms with Gasteiger partial charge in [-0.25, -0.2) is 8.42 Å². The highest BCUT2D eigenvalue weighted by molar-refractivity contribution is 7.91. The van der Waals surface area contributed by atoms with Gasteiger partial charge in [0, 0.05) is 0 Å². The molecular formula is C14H16F3NO4S. The van der Waals surface area contributed by atoms with Gasteiger partial charge in [-0.3, -0.25) is 4.79 Å². The predicted octanol–water partition coefficient (Wildman–Crippen LogP) is 1.78. The maximum atomic E-state index is 12.4. The van der Waals surface area contributed by atoms with Crippen LogP contribution in [0.3, 0.4) is 0 Å². The van der Waals surface area contributed by atoms with Crippen molar-refractivity contribution in [3.05, 3.63) is 29.8 Å². The van der Waals surface area contributed by atoms with E-state index in [-0.39, 0.29) is 17.3 Å². The summed E-state index contributed by atoms with van der Waals surface area (Å²) in [6.45, 7) is 1.23. The highest BCUT2D eigenvalue weighted by Gasteiger charge is 2.39. The number of halogens is 3. The quantitative estimate of drug-likeness (QED) is 0.898. The molecule has 0 unspecified atom stereocenters. The minimum atomic E-state index is -4.43. The molecular weight excluding hydrogens is 335 g/mol. The van der Waals surface area contributed by atoms with E-state index in [2.05, 4.69) is 5.32 Å². The van der Waals surface area contributed by atoms with Gasteiger partial charge in [0.05, 0.1) is 22.6 Å². The van der Waals surface area contributed by atoms with E-state index in [0.29, 0.717) is 6.42 Å². The topological polar surface area (TPSA) is 72.5 Å². The summed E-state index contributed by atoms with van der Waals surface area (Å²) in [6.07, 6.45) is -4.11. The second-order valence-electron chi connectivity index (χ2n) is 5.76. The molecule has 1 aromatic carbocycles. The maximum absolute atomic E-state index is 12.4. The van der Waals surface area contributed by atoms with Crippen LogP contribution in [-0.4, -0.2) is 38.0 Å². The first-order valence-electron chi connectivity index (χ1n) is 6.81. The fourth-order valence-electron chi connectivity index (χ4n) is 2.37. The van der Waals surface area contributed by atoms with Crippen LogP contribution in [0.5, 0.6) is 5.75 Å². The van der Waals surface area contributed by atoms with Crippen LogP contribution in [0.1, 0.15) is 18.9 Å². The molecule has 1 fully saturated rings. The van der Waals surface area contributed by atoms with Crippen LogP contribution in [0, 0.1) is 0 Å². The molecule has 23 heavy (non-hydrogen) atoms. The zero-order valence-corrected chi connectivity index (χ0v) is 13.1. The third-order valence-corrected chi connectivity index (χ3v) is 5.40. The number of nitrogens with one attached hydrogen (secondary N) is 1. The summed E-state index contributed by atoms with van der Waals surface area (Å²) in [5.41, 5.74) is -1.64. The smallest absolute Gasteiger partial charge is 0.416 e. The number of amides is 1. The normalized spacial score (nSPS) is 23.5. The maximum Gasteiger partial charge on any atom is 0.416 e. The molecule has 1 saturated heterocycles. The molecule has 128 valence electrons. The van der Waals surface area contributed by atoms with Crippen molar-refractivity contribution < 1.29 is 31.1 Å². The first-order chi connectivity index (χ1) is 10.5. The van der Waals surface area contributed by atoms with Crippen LogP contribution in [0.15, 0.2) is 24.3 Å². The van der Waals surface area contributed by atoms with Crippen LogP contribution in [-0.2, 0) is 20.8 Å². The number of rotatable bonds is 4. The van der Waals surface area contributed by atoms with E-state index in [4.69, 9.17) is 4.74 Å². The average molecular weight is 351 g/mol. The summed E-state index contributed by atoms with van der Waals surface area (Å²) in [5.74, 6) is -0.517. The van der Waals surface area contributed by atoms with Crippen LogP contribution in [0.2, 0.25) is 0 Å². The van der Waals surface area contributed by atoms with Gasteiger partial charge in [0.25, 0.3) is 5.91 Å². The van der Waals surface area contributed by atoms with Gasteiger partial charge in [-0.1, -0.05) is 0 Å². The Balaban J connectivity index is 1.87. The van der Waals surface area contributed by atoms with Gasteiger partial charge in [0.15, 0.2) is 16.4 Å². The molecule has 1 aliphatic rings. The van der Waals surface area contributed by atoms with E-state index < -0.39 is 39.6 Å². The minimum Gasteiger partial charge on any atom is -0.484 e. The SMILES string of the molecule is C[C@]1(NC(=O)COc2ccc(C(F)(F)F)cc2)CCS(=O)(=O)C1. The Morgan fingerprint density at radius 1 is 1.30 bits per heavy atom. The second kappa shape index (κ2) is 6.03. The minimum absolute atomic E-state index is 0.0174. The predicted molar refractivity (Wildman–Crippen MR) is 76.8 cm³/mol. The van der Waals surface area contributed by atoms with E-state index >= 15 is 0 Å². The molecule has 1 aliphatic heterocycles. The Hall–Kier alpha value is -1.77. The van der Waals surface area contributed by atoms with E-state index in [1.54, 1.807) is 6.92 Å². The molecule has 1 heterocycles. The van der Waals surface area contributed by atoms with Crippen LogP contribution in [0.4, 0.5) is 13.2 Å². The summed E-state index contributed by atoms with van der Waals surface area (Å²) < 4.78 is 65.2. The Labute approximate surface area is 131 Å². The fourth-order valence-corrected chi connectivity index (χ4v) is 4.46. The van der Waals surface area contributed by atoms with E-state index in [9.17, 15) is 26.4 Å². The third kappa shape index (κ3) is 4.85.